The van der Waals surface area contributed by atoms with Gasteiger partial charge in [-0.25, -0.2) is 0 Å². The van der Waals surface area contributed by atoms with E-state index in [1.165, 1.54) is 5.56 Å². The summed E-state index contributed by atoms with van der Waals surface area (Å²) >= 11 is 0. The highest BCUT2D eigenvalue weighted by Gasteiger charge is 2.05. The van der Waals surface area contributed by atoms with Crippen molar-refractivity contribution in [2.75, 3.05) is 13.1 Å². The lowest BCUT2D eigenvalue weighted by Gasteiger charge is -2.07. The molecule has 1 aromatic carbocycles. The number of nitrogens with two attached hydrogens (primary N) is 1. The predicted octanol–water partition coefficient (Wildman–Crippen LogP) is 2.67. The van der Waals surface area contributed by atoms with Crippen LogP contribution in [0.2, 0.25) is 0 Å². The molecule has 0 aliphatic carbocycles. The molecule has 0 saturated heterocycles. The van der Waals surface area contributed by atoms with E-state index in [0.717, 1.165) is 37.9 Å². The van der Waals surface area contributed by atoms with E-state index in [4.69, 9.17) is 5.73 Å². The summed E-state index contributed by atoms with van der Waals surface area (Å²) in [6, 6.07) is 7.83. The Bertz CT molecular complexity index is 357. The van der Waals surface area contributed by atoms with Crippen molar-refractivity contribution >= 4 is 5.91 Å². The second-order valence-corrected chi connectivity index (χ2v) is 4.88. The smallest absolute Gasteiger partial charge is 0.251 e. The maximum Gasteiger partial charge on any atom is 0.251 e. The number of carbonyl (C=O) groups excluding carboxylic acids is 1. The van der Waals surface area contributed by atoms with E-state index >= 15 is 0 Å². The average molecular weight is 248 g/mol. The maximum absolute atomic E-state index is 11.8. The van der Waals surface area contributed by atoms with Crippen molar-refractivity contribution < 1.29 is 4.79 Å². The molecule has 18 heavy (non-hydrogen) atoms. The Morgan fingerprint density at radius 3 is 2.39 bits per heavy atom. The molecule has 1 amide bonds. The molecule has 3 nitrogen and oxygen atoms in total. The summed E-state index contributed by atoms with van der Waals surface area (Å²) in [6.07, 6.45) is 3.09. The molecule has 3 N–H and O–H groups in total. The molecule has 0 fully saturated rings. The largest absolute Gasteiger partial charge is 0.352 e. The molecule has 0 radical (unpaired) electrons. The average Bonchev–Trinajstić information content (AvgIpc) is 2.38. The summed E-state index contributed by atoms with van der Waals surface area (Å²) < 4.78 is 0. The van der Waals surface area contributed by atoms with Gasteiger partial charge in [-0.15, -0.1) is 0 Å². The van der Waals surface area contributed by atoms with Gasteiger partial charge in [-0.1, -0.05) is 32.4 Å². The summed E-state index contributed by atoms with van der Waals surface area (Å²) in [4.78, 5) is 11.8. The molecular formula is C15H24N2O. The highest BCUT2D eigenvalue weighted by atomic mass is 16.1. The van der Waals surface area contributed by atoms with Gasteiger partial charge in [0.05, 0.1) is 0 Å². The van der Waals surface area contributed by atoms with E-state index in [2.05, 4.69) is 19.2 Å². The van der Waals surface area contributed by atoms with Crippen LogP contribution >= 0.6 is 0 Å². The molecule has 3 heteroatoms. The Labute approximate surface area is 110 Å². The summed E-state index contributed by atoms with van der Waals surface area (Å²) in [5, 5.41) is 2.93. The van der Waals surface area contributed by atoms with Crippen molar-refractivity contribution in [2.45, 2.75) is 39.0 Å². The third-order valence-corrected chi connectivity index (χ3v) is 3.01. The van der Waals surface area contributed by atoms with Gasteiger partial charge in [-0.3, -0.25) is 4.79 Å². The molecule has 0 spiro atoms. The number of hydrogen-bond acceptors (Lipinski definition) is 2. The van der Waals surface area contributed by atoms with E-state index in [0.29, 0.717) is 5.92 Å². The molecule has 0 heterocycles. The molecule has 0 unspecified atom stereocenters. The minimum atomic E-state index is 0.0121. The topological polar surface area (TPSA) is 55.1 Å². The van der Waals surface area contributed by atoms with Crippen LogP contribution in [0.3, 0.4) is 0 Å². The van der Waals surface area contributed by atoms with E-state index in [1.807, 2.05) is 24.3 Å². The molecule has 1 rings (SSSR count). The Morgan fingerprint density at radius 1 is 1.17 bits per heavy atom. The van der Waals surface area contributed by atoms with Crippen molar-refractivity contribution in [3.8, 4) is 0 Å². The third kappa shape index (κ3) is 4.88. The lowest BCUT2D eigenvalue weighted by molar-refractivity contribution is 0.0953. The van der Waals surface area contributed by atoms with E-state index in [-0.39, 0.29) is 5.91 Å². The second kappa shape index (κ2) is 7.88. The van der Waals surface area contributed by atoms with Crippen molar-refractivity contribution in [3.05, 3.63) is 35.4 Å². The molecule has 0 aliphatic rings. The monoisotopic (exact) mass is 248 g/mol. The number of amides is 1. The fourth-order valence-electron chi connectivity index (χ4n) is 1.77. The van der Waals surface area contributed by atoms with E-state index in [9.17, 15) is 4.79 Å². The highest BCUT2D eigenvalue weighted by molar-refractivity contribution is 5.94. The Kier molecular flexibility index (Phi) is 6.44. The lowest BCUT2D eigenvalue weighted by atomic mass is 10.0. The Balaban J connectivity index is 2.37. The molecule has 100 valence electrons. The van der Waals surface area contributed by atoms with Crippen LogP contribution in [0.15, 0.2) is 24.3 Å². The number of carbonyl (C=O) groups is 1. The second-order valence-electron chi connectivity index (χ2n) is 4.88. The Hall–Kier alpha value is -1.35. The van der Waals surface area contributed by atoms with Crippen LogP contribution in [0, 0.1) is 0 Å². The Morgan fingerprint density at radius 2 is 1.83 bits per heavy atom. The van der Waals surface area contributed by atoms with Crippen LogP contribution in [0.25, 0.3) is 0 Å². The number of rotatable bonds is 7. The predicted molar refractivity (Wildman–Crippen MR) is 75.8 cm³/mol. The van der Waals surface area contributed by atoms with Gasteiger partial charge < -0.3 is 11.1 Å². The molecule has 0 aromatic heterocycles. The summed E-state index contributed by atoms with van der Waals surface area (Å²) in [5.74, 6) is 0.511. The summed E-state index contributed by atoms with van der Waals surface area (Å²) in [6.45, 7) is 5.74. The molecule has 0 saturated carbocycles. The molecule has 1 aromatic rings. The van der Waals surface area contributed by atoms with Crippen molar-refractivity contribution in [2.24, 2.45) is 5.73 Å². The normalized spacial score (nSPS) is 10.7. The van der Waals surface area contributed by atoms with Crippen LogP contribution in [0.4, 0.5) is 0 Å². The third-order valence-electron chi connectivity index (χ3n) is 3.01. The zero-order valence-corrected chi connectivity index (χ0v) is 11.4. The highest BCUT2D eigenvalue weighted by Crippen LogP contribution is 2.14. The fraction of sp³-hybridized carbons (Fsp3) is 0.533. The van der Waals surface area contributed by atoms with Gasteiger partial charge in [0.25, 0.3) is 5.91 Å². The maximum atomic E-state index is 11.8. The van der Waals surface area contributed by atoms with Crippen LogP contribution < -0.4 is 11.1 Å². The SMILES string of the molecule is CC(C)c1ccc(C(=O)NCCCCCN)cc1. The summed E-state index contributed by atoms with van der Waals surface area (Å²) in [5.41, 5.74) is 7.41. The van der Waals surface area contributed by atoms with Gasteiger partial charge in [0.2, 0.25) is 0 Å². The van der Waals surface area contributed by atoms with E-state index in [1.54, 1.807) is 0 Å². The minimum Gasteiger partial charge on any atom is -0.352 e. The first-order valence-electron chi connectivity index (χ1n) is 6.73. The van der Waals surface area contributed by atoms with Gasteiger partial charge >= 0.3 is 0 Å². The molecular weight excluding hydrogens is 224 g/mol. The first kappa shape index (κ1) is 14.7. The number of benzene rings is 1. The molecule has 0 bridgehead atoms. The van der Waals surface area contributed by atoms with Crippen molar-refractivity contribution in [1.29, 1.82) is 0 Å². The quantitative estimate of drug-likeness (QED) is 0.729. The van der Waals surface area contributed by atoms with Gasteiger partial charge in [0.15, 0.2) is 0 Å². The van der Waals surface area contributed by atoms with Crippen LogP contribution in [0.5, 0.6) is 0 Å². The first-order valence-corrected chi connectivity index (χ1v) is 6.73. The fourth-order valence-corrected chi connectivity index (χ4v) is 1.77. The standard InChI is InChI=1S/C15H24N2O/c1-12(2)13-6-8-14(9-7-13)15(18)17-11-5-3-4-10-16/h6-9,12H,3-5,10-11,16H2,1-2H3,(H,17,18). The minimum absolute atomic E-state index is 0.0121. The molecule has 0 atom stereocenters. The number of hydrogen-bond donors (Lipinski definition) is 2. The van der Waals surface area contributed by atoms with Gasteiger partial charge in [0, 0.05) is 12.1 Å². The van der Waals surface area contributed by atoms with Crippen molar-refractivity contribution in [1.82, 2.24) is 5.32 Å². The first-order chi connectivity index (χ1) is 8.65. The number of unbranched alkanes of at least 4 members (excludes halogenated alkanes) is 2. The lowest BCUT2D eigenvalue weighted by Crippen LogP contribution is -2.24. The summed E-state index contributed by atoms with van der Waals surface area (Å²) in [7, 11) is 0. The zero-order chi connectivity index (χ0) is 13.4. The zero-order valence-electron chi connectivity index (χ0n) is 11.4. The van der Waals surface area contributed by atoms with Gasteiger partial charge in [-0.2, -0.15) is 0 Å². The van der Waals surface area contributed by atoms with Gasteiger partial charge in [0.1, 0.15) is 0 Å². The van der Waals surface area contributed by atoms with Crippen LogP contribution in [-0.4, -0.2) is 19.0 Å². The van der Waals surface area contributed by atoms with Crippen LogP contribution in [-0.2, 0) is 0 Å². The van der Waals surface area contributed by atoms with Crippen molar-refractivity contribution in [3.63, 3.8) is 0 Å². The molecule has 0 aliphatic heterocycles. The number of nitrogens with one attached hydrogen (secondary N) is 1. The van der Waals surface area contributed by atoms with Gasteiger partial charge in [-0.05, 0) is 43.0 Å². The van der Waals surface area contributed by atoms with Crippen LogP contribution in [0.1, 0.15) is 54.9 Å². The van der Waals surface area contributed by atoms with E-state index < -0.39 is 0 Å².